The minimum absolute atomic E-state index is 0.0460. The first-order valence-electron chi connectivity index (χ1n) is 8.46. The first kappa shape index (κ1) is 17.5. The number of likely N-dealkylation sites (tertiary alicyclic amines) is 1. The van der Waals surface area contributed by atoms with Crippen molar-refractivity contribution in [3.63, 3.8) is 0 Å². The SMILES string of the molecule is CCCN1CCC(CNC(=O)c2ccc(NC(C)=O)cc2)CC1. The summed E-state index contributed by atoms with van der Waals surface area (Å²) in [6, 6.07) is 6.98. The van der Waals surface area contributed by atoms with Gasteiger partial charge in [-0.1, -0.05) is 6.92 Å². The molecule has 2 N–H and O–H groups in total. The first-order valence-corrected chi connectivity index (χ1v) is 8.46. The Bertz CT molecular complexity index is 520. The number of rotatable bonds is 6. The summed E-state index contributed by atoms with van der Waals surface area (Å²) in [6.07, 6.45) is 3.51. The van der Waals surface area contributed by atoms with Gasteiger partial charge in [-0.15, -0.1) is 0 Å². The van der Waals surface area contributed by atoms with Crippen LogP contribution in [-0.4, -0.2) is 42.9 Å². The Balaban J connectivity index is 1.75. The Morgan fingerprint density at radius 2 is 1.83 bits per heavy atom. The van der Waals surface area contributed by atoms with E-state index in [9.17, 15) is 9.59 Å². The van der Waals surface area contributed by atoms with E-state index in [1.807, 2.05) is 0 Å². The van der Waals surface area contributed by atoms with Crippen LogP contribution >= 0.6 is 0 Å². The maximum absolute atomic E-state index is 12.2. The van der Waals surface area contributed by atoms with E-state index in [2.05, 4.69) is 22.5 Å². The summed E-state index contributed by atoms with van der Waals surface area (Å²) in [5.41, 5.74) is 1.33. The molecule has 5 heteroatoms. The average Bonchev–Trinajstić information content (AvgIpc) is 2.54. The molecule has 0 aliphatic carbocycles. The van der Waals surface area contributed by atoms with Crippen LogP contribution in [0.5, 0.6) is 0 Å². The van der Waals surface area contributed by atoms with Gasteiger partial charge in [0.15, 0.2) is 0 Å². The molecule has 1 aliphatic heterocycles. The largest absolute Gasteiger partial charge is 0.352 e. The zero-order valence-electron chi connectivity index (χ0n) is 14.1. The summed E-state index contributed by atoms with van der Waals surface area (Å²) in [7, 11) is 0. The van der Waals surface area contributed by atoms with E-state index in [1.165, 1.54) is 19.9 Å². The molecule has 1 heterocycles. The van der Waals surface area contributed by atoms with E-state index in [-0.39, 0.29) is 11.8 Å². The van der Waals surface area contributed by atoms with Crippen LogP contribution in [0, 0.1) is 5.92 Å². The highest BCUT2D eigenvalue weighted by Gasteiger charge is 2.19. The van der Waals surface area contributed by atoms with E-state index < -0.39 is 0 Å². The van der Waals surface area contributed by atoms with Gasteiger partial charge >= 0.3 is 0 Å². The predicted octanol–water partition coefficient (Wildman–Crippen LogP) is 2.50. The van der Waals surface area contributed by atoms with Crippen molar-refractivity contribution in [1.29, 1.82) is 0 Å². The minimum atomic E-state index is -0.114. The molecule has 1 fully saturated rings. The molecule has 1 aliphatic rings. The lowest BCUT2D eigenvalue weighted by Gasteiger charge is -2.31. The van der Waals surface area contributed by atoms with E-state index >= 15 is 0 Å². The van der Waals surface area contributed by atoms with Crippen LogP contribution in [0.3, 0.4) is 0 Å². The minimum Gasteiger partial charge on any atom is -0.352 e. The van der Waals surface area contributed by atoms with Crippen molar-refractivity contribution in [2.75, 3.05) is 31.5 Å². The van der Waals surface area contributed by atoms with Crippen LogP contribution in [0.1, 0.15) is 43.5 Å². The van der Waals surface area contributed by atoms with Crippen LogP contribution in [-0.2, 0) is 4.79 Å². The summed E-state index contributed by atoms with van der Waals surface area (Å²) < 4.78 is 0. The number of hydrogen-bond acceptors (Lipinski definition) is 3. The lowest BCUT2D eigenvalue weighted by molar-refractivity contribution is -0.114. The number of nitrogens with zero attached hydrogens (tertiary/aromatic N) is 1. The normalized spacial score (nSPS) is 16.1. The van der Waals surface area contributed by atoms with Gasteiger partial charge in [0.05, 0.1) is 0 Å². The van der Waals surface area contributed by atoms with Crippen molar-refractivity contribution in [3.8, 4) is 0 Å². The van der Waals surface area contributed by atoms with Crippen LogP contribution in [0.25, 0.3) is 0 Å². The number of carbonyl (C=O) groups excluding carboxylic acids is 2. The van der Waals surface area contributed by atoms with Crippen LogP contribution < -0.4 is 10.6 Å². The maximum Gasteiger partial charge on any atom is 0.251 e. The second kappa shape index (κ2) is 8.67. The number of benzene rings is 1. The third-order valence-electron chi connectivity index (χ3n) is 4.27. The number of piperidine rings is 1. The van der Waals surface area contributed by atoms with E-state index in [0.717, 1.165) is 32.5 Å². The Labute approximate surface area is 138 Å². The van der Waals surface area contributed by atoms with Gasteiger partial charge in [-0.05, 0) is 69.1 Å². The second-order valence-corrected chi connectivity index (χ2v) is 6.25. The Morgan fingerprint density at radius 1 is 1.17 bits per heavy atom. The monoisotopic (exact) mass is 317 g/mol. The molecule has 0 atom stereocenters. The third kappa shape index (κ3) is 5.67. The molecule has 5 nitrogen and oxygen atoms in total. The molecule has 23 heavy (non-hydrogen) atoms. The summed E-state index contributed by atoms with van der Waals surface area (Å²) in [6.45, 7) is 7.88. The Morgan fingerprint density at radius 3 is 2.39 bits per heavy atom. The van der Waals surface area contributed by atoms with Crippen LogP contribution in [0.2, 0.25) is 0 Å². The number of anilines is 1. The van der Waals surface area contributed by atoms with Gasteiger partial charge in [0.2, 0.25) is 5.91 Å². The molecule has 0 aromatic heterocycles. The zero-order valence-corrected chi connectivity index (χ0v) is 14.1. The molecule has 1 saturated heterocycles. The molecular weight excluding hydrogens is 290 g/mol. The fourth-order valence-electron chi connectivity index (χ4n) is 2.98. The fraction of sp³-hybridized carbons (Fsp3) is 0.556. The van der Waals surface area contributed by atoms with E-state index in [1.54, 1.807) is 24.3 Å². The molecule has 0 unspecified atom stereocenters. The fourth-order valence-corrected chi connectivity index (χ4v) is 2.98. The lowest BCUT2D eigenvalue weighted by atomic mass is 9.96. The van der Waals surface area contributed by atoms with Gasteiger partial charge in [0.25, 0.3) is 5.91 Å². The molecule has 2 rings (SSSR count). The van der Waals surface area contributed by atoms with Crippen molar-refractivity contribution in [1.82, 2.24) is 10.2 Å². The highest BCUT2D eigenvalue weighted by atomic mass is 16.2. The van der Waals surface area contributed by atoms with Gasteiger partial charge in [0, 0.05) is 24.7 Å². The molecule has 0 saturated carbocycles. The summed E-state index contributed by atoms with van der Waals surface area (Å²) >= 11 is 0. The van der Waals surface area contributed by atoms with Crippen molar-refractivity contribution < 1.29 is 9.59 Å². The number of carbonyl (C=O) groups is 2. The Kier molecular flexibility index (Phi) is 6.59. The third-order valence-corrected chi connectivity index (χ3v) is 4.27. The number of nitrogens with one attached hydrogen (secondary N) is 2. The predicted molar refractivity (Wildman–Crippen MR) is 92.5 cm³/mol. The number of hydrogen-bond donors (Lipinski definition) is 2. The van der Waals surface area contributed by atoms with Crippen molar-refractivity contribution in [3.05, 3.63) is 29.8 Å². The molecular formula is C18H27N3O2. The second-order valence-electron chi connectivity index (χ2n) is 6.25. The molecule has 1 aromatic carbocycles. The summed E-state index contributed by atoms with van der Waals surface area (Å²) in [4.78, 5) is 25.7. The van der Waals surface area contributed by atoms with Crippen LogP contribution in [0.15, 0.2) is 24.3 Å². The molecule has 0 radical (unpaired) electrons. The van der Waals surface area contributed by atoms with E-state index in [4.69, 9.17) is 0 Å². The summed E-state index contributed by atoms with van der Waals surface area (Å²) in [5, 5.41) is 5.72. The Hall–Kier alpha value is -1.88. The number of amides is 2. The van der Waals surface area contributed by atoms with Gasteiger partial charge < -0.3 is 15.5 Å². The van der Waals surface area contributed by atoms with Gasteiger partial charge in [-0.2, -0.15) is 0 Å². The average molecular weight is 317 g/mol. The topological polar surface area (TPSA) is 61.4 Å². The maximum atomic E-state index is 12.2. The molecule has 2 amide bonds. The van der Waals surface area contributed by atoms with Crippen molar-refractivity contribution in [2.24, 2.45) is 5.92 Å². The molecule has 1 aromatic rings. The molecule has 0 spiro atoms. The lowest BCUT2D eigenvalue weighted by Crippen LogP contribution is -2.38. The highest BCUT2D eigenvalue weighted by molar-refractivity contribution is 5.95. The smallest absolute Gasteiger partial charge is 0.251 e. The first-order chi connectivity index (χ1) is 11.1. The van der Waals surface area contributed by atoms with Crippen molar-refractivity contribution in [2.45, 2.75) is 33.1 Å². The van der Waals surface area contributed by atoms with Gasteiger partial charge in [-0.3, -0.25) is 9.59 Å². The summed E-state index contributed by atoms with van der Waals surface area (Å²) in [5.74, 6) is 0.415. The zero-order chi connectivity index (χ0) is 16.7. The quantitative estimate of drug-likeness (QED) is 0.847. The van der Waals surface area contributed by atoms with Crippen LogP contribution in [0.4, 0.5) is 5.69 Å². The molecule has 0 bridgehead atoms. The van der Waals surface area contributed by atoms with Gasteiger partial charge in [0.1, 0.15) is 0 Å². The van der Waals surface area contributed by atoms with Gasteiger partial charge in [-0.25, -0.2) is 0 Å². The van der Waals surface area contributed by atoms with Crippen molar-refractivity contribution >= 4 is 17.5 Å². The van der Waals surface area contributed by atoms with E-state index in [0.29, 0.717) is 17.2 Å². The standard InChI is InChI=1S/C18H27N3O2/c1-3-10-21-11-8-15(9-12-21)13-19-18(23)16-4-6-17(7-5-16)20-14(2)22/h4-7,15H,3,8-13H2,1-2H3,(H,19,23)(H,20,22). The molecule has 126 valence electrons. The highest BCUT2D eigenvalue weighted by Crippen LogP contribution is 2.17.